The molecule has 112 valence electrons. The second-order valence-electron chi connectivity index (χ2n) is 5.18. The summed E-state index contributed by atoms with van der Waals surface area (Å²) >= 11 is 0. The van der Waals surface area contributed by atoms with Crippen molar-refractivity contribution in [1.82, 2.24) is 9.55 Å². The van der Waals surface area contributed by atoms with Crippen LogP contribution in [0.3, 0.4) is 0 Å². The van der Waals surface area contributed by atoms with E-state index in [1.165, 1.54) is 18.6 Å². The Hall–Kier alpha value is -2.96. The van der Waals surface area contributed by atoms with Crippen LogP contribution in [-0.2, 0) is 6.54 Å². The van der Waals surface area contributed by atoms with Gasteiger partial charge in [-0.1, -0.05) is 0 Å². The number of aromatic nitrogens is 2. The third-order valence-electron chi connectivity index (χ3n) is 3.60. The van der Waals surface area contributed by atoms with Gasteiger partial charge in [0.1, 0.15) is 11.8 Å². The van der Waals surface area contributed by atoms with Crippen LogP contribution >= 0.6 is 0 Å². The van der Waals surface area contributed by atoms with E-state index in [4.69, 9.17) is 4.42 Å². The molecule has 7 nitrogen and oxygen atoms in total. The Morgan fingerprint density at radius 1 is 1.27 bits per heavy atom. The first-order valence-corrected chi connectivity index (χ1v) is 6.64. The van der Waals surface area contributed by atoms with Crippen LogP contribution in [0.25, 0.3) is 11.0 Å². The fourth-order valence-electron chi connectivity index (χ4n) is 2.34. The van der Waals surface area contributed by atoms with E-state index in [1.54, 1.807) is 4.57 Å². The molecular weight excluding hydrogens is 286 g/mol. The molecule has 0 amide bonds. The number of benzene rings is 1. The Morgan fingerprint density at radius 2 is 2.00 bits per heavy atom. The Morgan fingerprint density at radius 3 is 2.68 bits per heavy atom. The first-order chi connectivity index (χ1) is 10.4. The van der Waals surface area contributed by atoms with E-state index < -0.39 is 10.5 Å². The summed E-state index contributed by atoms with van der Waals surface area (Å²) in [5.74, 6) is -0.223. The van der Waals surface area contributed by atoms with E-state index in [-0.39, 0.29) is 5.82 Å². The molecule has 0 radical (unpaired) electrons. The van der Waals surface area contributed by atoms with Crippen molar-refractivity contribution in [3.05, 3.63) is 67.9 Å². The van der Waals surface area contributed by atoms with Crippen LogP contribution < -0.4 is 5.63 Å². The number of aryl methyl sites for hydroxylation is 2. The second kappa shape index (κ2) is 5.10. The highest BCUT2D eigenvalue weighted by Gasteiger charge is 2.12. The summed E-state index contributed by atoms with van der Waals surface area (Å²) in [4.78, 5) is 25.5. The van der Waals surface area contributed by atoms with Gasteiger partial charge in [0.15, 0.2) is 0 Å². The monoisotopic (exact) mass is 299 g/mol. The predicted octanol–water partition coefficient (Wildman–Crippen LogP) is 2.56. The summed E-state index contributed by atoms with van der Waals surface area (Å²) in [5.41, 5.74) is 2.92. The van der Waals surface area contributed by atoms with Crippen molar-refractivity contribution < 1.29 is 9.34 Å². The van der Waals surface area contributed by atoms with Gasteiger partial charge in [-0.15, -0.1) is 0 Å². The molecule has 0 aliphatic heterocycles. The molecule has 3 rings (SSSR count). The molecule has 0 bridgehead atoms. The molecule has 3 aromatic rings. The second-order valence-corrected chi connectivity index (χ2v) is 5.18. The van der Waals surface area contributed by atoms with E-state index in [2.05, 4.69) is 4.98 Å². The normalized spacial score (nSPS) is 11.0. The van der Waals surface area contributed by atoms with E-state index >= 15 is 0 Å². The maximum absolute atomic E-state index is 11.7. The molecular formula is C15H13N3O4. The van der Waals surface area contributed by atoms with Crippen LogP contribution in [0.15, 0.2) is 39.9 Å². The Kier molecular flexibility index (Phi) is 3.25. The lowest BCUT2D eigenvalue weighted by Crippen LogP contribution is -2.05. The van der Waals surface area contributed by atoms with Crippen molar-refractivity contribution in [3.8, 4) is 0 Å². The Bertz CT molecular complexity index is 940. The minimum Gasteiger partial charge on any atom is -0.423 e. The molecule has 0 aliphatic rings. The van der Waals surface area contributed by atoms with E-state index in [0.717, 1.165) is 22.1 Å². The zero-order valence-electron chi connectivity index (χ0n) is 12.1. The minimum atomic E-state index is -0.554. The maximum Gasteiger partial charge on any atom is 0.381 e. The van der Waals surface area contributed by atoms with Crippen molar-refractivity contribution in [2.75, 3.05) is 0 Å². The van der Waals surface area contributed by atoms with Crippen LogP contribution in [0, 0.1) is 24.0 Å². The molecule has 0 fully saturated rings. The largest absolute Gasteiger partial charge is 0.423 e. The summed E-state index contributed by atoms with van der Waals surface area (Å²) in [6.07, 6.45) is 2.71. The lowest BCUT2D eigenvalue weighted by atomic mass is 10.0. The average molecular weight is 299 g/mol. The molecule has 0 atom stereocenters. The quantitative estimate of drug-likeness (QED) is 0.421. The number of imidazole rings is 1. The molecule has 0 aliphatic carbocycles. The van der Waals surface area contributed by atoms with Gasteiger partial charge in [0.2, 0.25) is 6.33 Å². The van der Waals surface area contributed by atoms with Crippen molar-refractivity contribution in [2.24, 2.45) is 0 Å². The third-order valence-corrected chi connectivity index (χ3v) is 3.60. The van der Waals surface area contributed by atoms with E-state index in [0.29, 0.717) is 12.1 Å². The molecule has 0 spiro atoms. The van der Waals surface area contributed by atoms with Crippen LogP contribution in [0.1, 0.15) is 16.7 Å². The number of rotatable bonds is 3. The van der Waals surface area contributed by atoms with Crippen molar-refractivity contribution in [3.63, 3.8) is 0 Å². The minimum absolute atomic E-state index is 0.223. The highest BCUT2D eigenvalue weighted by Crippen LogP contribution is 2.22. The number of hydrogen-bond acceptors (Lipinski definition) is 5. The van der Waals surface area contributed by atoms with Gasteiger partial charge >= 0.3 is 11.4 Å². The van der Waals surface area contributed by atoms with Gasteiger partial charge in [-0.05, 0) is 52.6 Å². The maximum atomic E-state index is 11.7. The molecule has 0 N–H and O–H groups in total. The average Bonchev–Trinajstić information content (AvgIpc) is 2.90. The molecule has 2 heterocycles. The van der Waals surface area contributed by atoms with Crippen LogP contribution in [-0.4, -0.2) is 14.5 Å². The zero-order chi connectivity index (χ0) is 15.9. The van der Waals surface area contributed by atoms with Crippen molar-refractivity contribution in [2.45, 2.75) is 20.4 Å². The highest BCUT2D eigenvalue weighted by atomic mass is 16.6. The van der Waals surface area contributed by atoms with Gasteiger partial charge < -0.3 is 19.1 Å². The van der Waals surface area contributed by atoms with Crippen molar-refractivity contribution in [1.29, 1.82) is 0 Å². The molecule has 0 unspecified atom stereocenters. The Balaban J connectivity index is 2.11. The third kappa shape index (κ3) is 2.48. The fraction of sp³-hybridized carbons (Fsp3) is 0.200. The summed E-state index contributed by atoms with van der Waals surface area (Å²) < 4.78 is 6.80. The van der Waals surface area contributed by atoms with Crippen molar-refractivity contribution >= 4 is 16.8 Å². The molecule has 22 heavy (non-hydrogen) atoms. The van der Waals surface area contributed by atoms with Gasteiger partial charge in [0.05, 0.1) is 6.54 Å². The summed E-state index contributed by atoms with van der Waals surface area (Å²) in [5, 5.41) is 11.5. The molecule has 0 saturated carbocycles. The molecule has 1 aromatic carbocycles. The standard InChI is InChI=1S/C15H13N3O4/c1-9-3-12-11(5-15(19)22-13(12)4-10(9)2)6-17-7-14(16-8-17)18(20)21/h3-5,7-8H,6H2,1-2H3. The Labute approximate surface area is 125 Å². The number of nitrogens with zero attached hydrogens (tertiary/aromatic N) is 3. The van der Waals surface area contributed by atoms with E-state index in [9.17, 15) is 14.9 Å². The first-order valence-electron chi connectivity index (χ1n) is 6.64. The lowest BCUT2D eigenvalue weighted by molar-refractivity contribution is -0.389. The lowest BCUT2D eigenvalue weighted by Gasteiger charge is -2.08. The topological polar surface area (TPSA) is 91.2 Å². The highest BCUT2D eigenvalue weighted by molar-refractivity contribution is 5.81. The predicted molar refractivity (Wildman–Crippen MR) is 79.9 cm³/mol. The summed E-state index contributed by atoms with van der Waals surface area (Å²) in [6, 6.07) is 5.18. The smallest absolute Gasteiger partial charge is 0.381 e. The first kappa shape index (κ1) is 14.0. The van der Waals surface area contributed by atoms with Gasteiger partial charge in [-0.2, -0.15) is 0 Å². The summed E-state index contributed by atoms with van der Waals surface area (Å²) in [6.45, 7) is 4.23. The van der Waals surface area contributed by atoms with Gasteiger partial charge in [-0.25, -0.2) is 4.79 Å². The molecule has 2 aromatic heterocycles. The van der Waals surface area contributed by atoms with Crippen LogP contribution in [0.5, 0.6) is 0 Å². The SMILES string of the molecule is Cc1cc2oc(=O)cc(Cn3cnc([N+](=O)[O-])c3)c2cc1C. The van der Waals surface area contributed by atoms with Crippen LogP contribution in [0.2, 0.25) is 0 Å². The summed E-state index contributed by atoms with van der Waals surface area (Å²) in [7, 11) is 0. The number of fused-ring (bicyclic) bond motifs is 1. The fourth-order valence-corrected chi connectivity index (χ4v) is 2.34. The molecule has 0 saturated heterocycles. The van der Waals surface area contributed by atoms with Crippen LogP contribution in [0.4, 0.5) is 5.82 Å². The van der Waals surface area contributed by atoms with Gasteiger partial charge in [-0.3, -0.25) is 0 Å². The number of nitro groups is 1. The van der Waals surface area contributed by atoms with Gasteiger partial charge in [0, 0.05) is 11.5 Å². The van der Waals surface area contributed by atoms with E-state index in [1.807, 2.05) is 26.0 Å². The zero-order valence-corrected chi connectivity index (χ0v) is 12.1. The number of hydrogen-bond donors (Lipinski definition) is 0. The van der Waals surface area contributed by atoms with Gasteiger partial charge in [0.25, 0.3) is 0 Å². The molecule has 7 heteroatoms.